The third-order valence-electron chi connectivity index (χ3n) is 4.73. The van der Waals surface area contributed by atoms with E-state index in [9.17, 15) is 0 Å². The molecule has 2 atom stereocenters. The van der Waals surface area contributed by atoms with E-state index in [0.29, 0.717) is 23.8 Å². The highest BCUT2D eigenvalue weighted by Gasteiger charge is 2.48. The maximum atomic E-state index is 6.15. The Kier molecular flexibility index (Phi) is 2.34. The van der Waals surface area contributed by atoms with Crippen LogP contribution in [0.3, 0.4) is 0 Å². The van der Waals surface area contributed by atoms with E-state index >= 15 is 0 Å². The molecule has 1 aliphatic carbocycles. The minimum atomic E-state index is 0.370. The second kappa shape index (κ2) is 3.92. The van der Waals surface area contributed by atoms with Gasteiger partial charge >= 0.3 is 0 Å². The van der Waals surface area contributed by atoms with Crippen LogP contribution in [0.5, 0.6) is 5.88 Å². The molecule has 0 spiro atoms. The zero-order chi connectivity index (χ0) is 12.1. The summed E-state index contributed by atoms with van der Waals surface area (Å²) in [6.07, 6.45) is 3.06. The van der Waals surface area contributed by atoms with Crippen LogP contribution < -0.4 is 4.74 Å². The van der Waals surface area contributed by atoms with Crippen LogP contribution in [0.1, 0.15) is 18.5 Å². The molecule has 4 bridgehead atoms. The summed E-state index contributed by atoms with van der Waals surface area (Å²) in [6, 6.07) is 3.93. The van der Waals surface area contributed by atoms with E-state index in [2.05, 4.69) is 15.1 Å². The maximum Gasteiger partial charge on any atom is 0.233 e. The van der Waals surface area contributed by atoms with Crippen LogP contribution in [0, 0.1) is 24.7 Å². The molecule has 4 heterocycles. The lowest BCUT2D eigenvalue weighted by Crippen LogP contribution is -2.61. The molecule has 0 unspecified atom stereocenters. The van der Waals surface area contributed by atoms with E-state index in [0.717, 1.165) is 11.6 Å². The molecule has 0 aromatic carbocycles. The Morgan fingerprint density at radius 1 is 1.11 bits per heavy atom. The molecule has 4 nitrogen and oxygen atoms in total. The Labute approximate surface area is 107 Å². The van der Waals surface area contributed by atoms with Crippen molar-refractivity contribution in [3.63, 3.8) is 0 Å². The van der Waals surface area contributed by atoms with Gasteiger partial charge in [-0.2, -0.15) is 5.10 Å². The molecule has 1 aromatic rings. The molecule has 0 N–H and O–H groups in total. The van der Waals surface area contributed by atoms with Gasteiger partial charge in [0.25, 0.3) is 0 Å². The summed E-state index contributed by atoms with van der Waals surface area (Å²) < 4.78 is 6.15. The van der Waals surface area contributed by atoms with Crippen LogP contribution >= 0.6 is 0 Å². The second-order valence-electron chi connectivity index (χ2n) is 6.17. The Balaban J connectivity index is 1.53. The number of hydrogen-bond acceptors (Lipinski definition) is 4. The summed E-state index contributed by atoms with van der Waals surface area (Å²) in [5.41, 5.74) is 0.943. The highest BCUT2D eigenvalue weighted by Crippen LogP contribution is 2.44. The molecule has 4 heteroatoms. The lowest BCUT2D eigenvalue weighted by atomic mass is 9.66. The summed E-state index contributed by atoms with van der Waals surface area (Å²) in [5.74, 6) is 3.04. The Morgan fingerprint density at radius 3 is 2.50 bits per heavy atom. The van der Waals surface area contributed by atoms with Crippen LogP contribution in [0.15, 0.2) is 12.1 Å². The van der Waals surface area contributed by atoms with Crippen LogP contribution in [-0.2, 0) is 0 Å². The largest absolute Gasteiger partial charge is 0.473 e. The van der Waals surface area contributed by atoms with Crippen molar-refractivity contribution in [1.82, 2.24) is 15.1 Å². The lowest BCUT2D eigenvalue weighted by Gasteiger charge is -2.55. The van der Waals surface area contributed by atoms with Crippen molar-refractivity contribution >= 4 is 0 Å². The first-order valence-corrected chi connectivity index (χ1v) is 6.97. The fraction of sp³-hybridized carbons (Fsp3) is 0.714. The minimum absolute atomic E-state index is 0.370. The minimum Gasteiger partial charge on any atom is -0.473 e. The molecule has 96 valence electrons. The summed E-state index contributed by atoms with van der Waals surface area (Å²) >= 11 is 0. The van der Waals surface area contributed by atoms with E-state index in [-0.39, 0.29) is 0 Å². The molecule has 5 rings (SSSR count). The number of hydrogen-bond donors (Lipinski definition) is 0. The average Bonchev–Trinajstić information content (AvgIpc) is 2.35. The van der Waals surface area contributed by atoms with E-state index in [1.54, 1.807) is 0 Å². The van der Waals surface area contributed by atoms with Gasteiger partial charge in [-0.3, -0.25) is 0 Å². The van der Waals surface area contributed by atoms with Gasteiger partial charge in [-0.1, -0.05) is 0 Å². The predicted octanol–water partition coefficient (Wildman–Crippen LogP) is 1.50. The first-order valence-electron chi connectivity index (χ1n) is 6.97. The normalized spacial score (nSPS) is 41.1. The molecule has 0 amide bonds. The van der Waals surface area contributed by atoms with Crippen LogP contribution in [0.25, 0.3) is 0 Å². The monoisotopic (exact) mass is 245 g/mol. The van der Waals surface area contributed by atoms with Gasteiger partial charge in [0.2, 0.25) is 5.88 Å². The quantitative estimate of drug-likeness (QED) is 0.791. The van der Waals surface area contributed by atoms with Gasteiger partial charge in [-0.15, -0.1) is 5.10 Å². The van der Waals surface area contributed by atoms with Crippen LogP contribution in [-0.4, -0.2) is 40.8 Å². The average molecular weight is 245 g/mol. The third-order valence-corrected chi connectivity index (χ3v) is 4.73. The zero-order valence-corrected chi connectivity index (χ0v) is 10.7. The van der Waals surface area contributed by atoms with Crippen molar-refractivity contribution < 1.29 is 4.74 Å². The highest BCUT2D eigenvalue weighted by atomic mass is 16.5. The standard InChI is InChI=1S/C14H19N3O/c1-9-2-3-13(16-15-9)18-14-11-4-10-5-12(14)8-17(6-10)7-11/h2-3,10-12,14H,4-8H2,1H3/t10?,11-,12-,14?/m0/s1. The molecule has 1 aromatic heterocycles. The number of nitrogens with zero attached hydrogens (tertiary/aromatic N) is 3. The Hall–Kier alpha value is -1.16. The first kappa shape index (κ1) is 10.7. The molecule has 3 saturated heterocycles. The summed E-state index contributed by atoms with van der Waals surface area (Å²) in [4.78, 5) is 2.62. The van der Waals surface area contributed by atoms with Gasteiger partial charge in [0.15, 0.2) is 0 Å². The molecule has 3 aliphatic heterocycles. The molecule has 1 saturated carbocycles. The molecular formula is C14H19N3O. The molecule has 4 fully saturated rings. The van der Waals surface area contributed by atoms with Gasteiger partial charge < -0.3 is 9.64 Å². The topological polar surface area (TPSA) is 38.2 Å². The number of piperidine rings is 3. The van der Waals surface area contributed by atoms with Crippen molar-refractivity contribution in [3.05, 3.63) is 17.8 Å². The summed E-state index contributed by atoms with van der Waals surface area (Å²) in [6.45, 7) is 5.71. The number of aryl methyl sites for hydroxylation is 1. The second-order valence-corrected chi connectivity index (χ2v) is 6.17. The van der Waals surface area contributed by atoms with Gasteiger partial charge in [-0.05, 0) is 31.7 Å². The van der Waals surface area contributed by atoms with E-state index in [4.69, 9.17) is 4.74 Å². The van der Waals surface area contributed by atoms with Crippen molar-refractivity contribution in [1.29, 1.82) is 0 Å². The third kappa shape index (κ3) is 1.70. The van der Waals surface area contributed by atoms with Gasteiger partial charge in [-0.25, -0.2) is 0 Å². The van der Waals surface area contributed by atoms with Crippen molar-refractivity contribution in [3.8, 4) is 5.88 Å². The number of aromatic nitrogens is 2. The van der Waals surface area contributed by atoms with E-state index < -0.39 is 0 Å². The molecule has 0 radical (unpaired) electrons. The zero-order valence-electron chi connectivity index (χ0n) is 10.7. The van der Waals surface area contributed by atoms with Crippen molar-refractivity contribution in [2.45, 2.75) is 25.9 Å². The van der Waals surface area contributed by atoms with Crippen molar-refractivity contribution in [2.75, 3.05) is 19.6 Å². The summed E-state index contributed by atoms with van der Waals surface area (Å²) in [5, 5.41) is 8.22. The smallest absolute Gasteiger partial charge is 0.233 e. The SMILES string of the molecule is Cc1ccc(OC2[C@H]3CC4C[C@H]2CN(C4)C3)nn1. The highest BCUT2D eigenvalue weighted by molar-refractivity contribution is 5.12. The Bertz CT molecular complexity index is 417. The molecule has 4 aliphatic rings. The first-order chi connectivity index (χ1) is 8.78. The van der Waals surface area contributed by atoms with E-state index in [1.807, 2.05) is 19.1 Å². The van der Waals surface area contributed by atoms with Crippen molar-refractivity contribution in [2.24, 2.45) is 17.8 Å². The maximum absolute atomic E-state index is 6.15. The molecular weight excluding hydrogens is 226 g/mol. The predicted molar refractivity (Wildman–Crippen MR) is 67.3 cm³/mol. The Morgan fingerprint density at radius 2 is 1.89 bits per heavy atom. The molecule has 18 heavy (non-hydrogen) atoms. The van der Waals surface area contributed by atoms with Gasteiger partial charge in [0, 0.05) is 37.5 Å². The fourth-order valence-electron chi connectivity index (χ4n) is 4.15. The fourth-order valence-corrected chi connectivity index (χ4v) is 4.15. The van der Waals surface area contributed by atoms with E-state index in [1.165, 1.54) is 32.5 Å². The van der Waals surface area contributed by atoms with Crippen LogP contribution in [0.2, 0.25) is 0 Å². The number of rotatable bonds is 2. The lowest BCUT2D eigenvalue weighted by molar-refractivity contribution is -0.0999. The van der Waals surface area contributed by atoms with Gasteiger partial charge in [0.1, 0.15) is 6.10 Å². The van der Waals surface area contributed by atoms with Crippen LogP contribution in [0.4, 0.5) is 0 Å². The number of ether oxygens (including phenoxy) is 1. The van der Waals surface area contributed by atoms with Gasteiger partial charge in [0.05, 0.1) is 5.69 Å². The summed E-state index contributed by atoms with van der Waals surface area (Å²) in [7, 11) is 0.